The van der Waals surface area contributed by atoms with E-state index in [-0.39, 0.29) is 0 Å². The van der Waals surface area contributed by atoms with E-state index in [1.165, 1.54) is 12.8 Å². The summed E-state index contributed by atoms with van der Waals surface area (Å²) < 4.78 is 5.68. The molecule has 2 rings (SSSR count). The van der Waals surface area contributed by atoms with Gasteiger partial charge in [-0.3, -0.25) is 0 Å². The molecular formula is C10H14N2O. The van der Waals surface area contributed by atoms with Crippen LogP contribution in [0.15, 0.2) is 12.1 Å². The highest BCUT2D eigenvalue weighted by molar-refractivity contribution is 5.38. The Hall–Kier alpha value is -1.25. The summed E-state index contributed by atoms with van der Waals surface area (Å²) in [6.07, 6.45) is 3.64. The van der Waals surface area contributed by atoms with E-state index < -0.39 is 0 Å². The van der Waals surface area contributed by atoms with E-state index in [9.17, 15) is 0 Å². The predicted molar refractivity (Wildman–Crippen MR) is 51.7 cm³/mol. The average Bonchev–Trinajstić information content (AvgIpc) is 2.92. The van der Waals surface area contributed by atoms with Crippen molar-refractivity contribution in [3.63, 3.8) is 0 Å². The van der Waals surface area contributed by atoms with E-state index in [2.05, 4.69) is 11.9 Å². The molecule has 13 heavy (non-hydrogen) atoms. The fourth-order valence-corrected chi connectivity index (χ4v) is 1.23. The lowest BCUT2D eigenvalue weighted by molar-refractivity contribution is 0.298. The first kappa shape index (κ1) is 8.35. The highest BCUT2D eigenvalue weighted by atomic mass is 16.5. The van der Waals surface area contributed by atoms with Gasteiger partial charge in [-0.2, -0.15) is 0 Å². The van der Waals surface area contributed by atoms with Crippen molar-refractivity contribution in [2.45, 2.75) is 32.3 Å². The summed E-state index contributed by atoms with van der Waals surface area (Å²) in [6.45, 7) is 2.06. The van der Waals surface area contributed by atoms with E-state index in [0.717, 1.165) is 17.9 Å². The van der Waals surface area contributed by atoms with Crippen LogP contribution in [0.1, 0.15) is 25.5 Å². The molecule has 0 aliphatic heterocycles. The number of hydrogen-bond donors (Lipinski definition) is 1. The number of nitrogens with two attached hydrogens (primary N) is 1. The minimum Gasteiger partial charge on any atom is -0.489 e. The van der Waals surface area contributed by atoms with Crippen LogP contribution in [0.3, 0.4) is 0 Å². The first-order valence-corrected chi connectivity index (χ1v) is 4.71. The molecule has 0 atom stereocenters. The number of aromatic nitrogens is 1. The molecule has 1 heterocycles. The molecular weight excluding hydrogens is 164 g/mol. The monoisotopic (exact) mass is 178 g/mol. The van der Waals surface area contributed by atoms with E-state index >= 15 is 0 Å². The van der Waals surface area contributed by atoms with Crippen LogP contribution in [0.5, 0.6) is 5.75 Å². The molecule has 1 aromatic rings. The summed E-state index contributed by atoms with van der Waals surface area (Å²) in [4.78, 5) is 4.23. The second-order valence-corrected chi connectivity index (χ2v) is 3.35. The zero-order valence-electron chi connectivity index (χ0n) is 7.79. The van der Waals surface area contributed by atoms with Gasteiger partial charge in [-0.25, -0.2) is 4.98 Å². The fraction of sp³-hybridized carbons (Fsp3) is 0.500. The summed E-state index contributed by atoms with van der Waals surface area (Å²) >= 11 is 0. The minimum atomic E-state index is 0.427. The largest absolute Gasteiger partial charge is 0.489 e. The maximum absolute atomic E-state index is 5.68. The molecule has 0 amide bonds. The van der Waals surface area contributed by atoms with Gasteiger partial charge in [0.05, 0.1) is 11.8 Å². The molecule has 0 unspecified atom stereocenters. The Labute approximate surface area is 77.9 Å². The van der Waals surface area contributed by atoms with Crippen molar-refractivity contribution >= 4 is 5.82 Å². The Morgan fingerprint density at radius 3 is 2.92 bits per heavy atom. The second kappa shape index (κ2) is 3.24. The quantitative estimate of drug-likeness (QED) is 0.767. The van der Waals surface area contributed by atoms with Crippen molar-refractivity contribution in [2.75, 3.05) is 5.73 Å². The number of nitrogen functional groups attached to an aromatic ring is 1. The number of rotatable bonds is 3. The lowest BCUT2D eigenvalue weighted by Gasteiger charge is -2.08. The Bertz CT molecular complexity index is 308. The summed E-state index contributed by atoms with van der Waals surface area (Å²) in [5, 5.41) is 0. The van der Waals surface area contributed by atoms with Gasteiger partial charge in [0.2, 0.25) is 0 Å². The number of aryl methyl sites for hydroxylation is 1. The SMILES string of the molecule is CCc1nc(N)ccc1OC1CC1. The van der Waals surface area contributed by atoms with Crippen LogP contribution in [0.25, 0.3) is 0 Å². The van der Waals surface area contributed by atoms with Gasteiger partial charge in [0.1, 0.15) is 11.6 Å². The first-order valence-electron chi connectivity index (χ1n) is 4.71. The Kier molecular flexibility index (Phi) is 2.08. The zero-order valence-corrected chi connectivity index (χ0v) is 7.79. The number of nitrogens with zero attached hydrogens (tertiary/aromatic N) is 1. The molecule has 0 radical (unpaired) electrons. The van der Waals surface area contributed by atoms with Gasteiger partial charge < -0.3 is 10.5 Å². The number of hydrogen-bond acceptors (Lipinski definition) is 3. The first-order chi connectivity index (χ1) is 6.29. The molecule has 0 bridgehead atoms. The highest BCUT2D eigenvalue weighted by Gasteiger charge is 2.24. The van der Waals surface area contributed by atoms with Crippen molar-refractivity contribution < 1.29 is 4.74 Å². The van der Waals surface area contributed by atoms with E-state index in [1.807, 2.05) is 6.07 Å². The summed E-state index contributed by atoms with van der Waals surface area (Å²) in [6, 6.07) is 3.70. The topological polar surface area (TPSA) is 48.1 Å². The second-order valence-electron chi connectivity index (χ2n) is 3.35. The van der Waals surface area contributed by atoms with E-state index in [0.29, 0.717) is 11.9 Å². The van der Waals surface area contributed by atoms with Gasteiger partial charge in [-0.1, -0.05) is 6.92 Å². The maximum Gasteiger partial charge on any atom is 0.141 e. The zero-order chi connectivity index (χ0) is 9.26. The standard InChI is InChI=1S/C10H14N2O/c1-2-8-9(13-7-3-4-7)5-6-10(11)12-8/h5-7H,2-4H2,1H3,(H2,11,12). The van der Waals surface area contributed by atoms with Gasteiger partial charge in [-0.15, -0.1) is 0 Å². The molecule has 0 aromatic carbocycles. The van der Waals surface area contributed by atoms with Crippen LogP contribution in [0.2, 0.25) is 0 Å². The van der Waals surface area contributed by atoms with Crippen molar-refractivity contribution in [1.82, 2.24) is 4.98 Å². The normalized spacial score (nSPS) is 15.8. The Morgan fingerprint density at radius 1 is 1.54 bits per heavy atom. The van der Waals surface area contributed by atoms with Crippen LogP contribution >= 0.6 is 0 Å². The van der Waals surface area contributed by atoms with Crippen molar-refractivity contribution in [1.29, 1.82) is 0 Å². The molecule has 70 valence electrons. The summed E-state index contributed by atoms with van der Waals surface area (Å²) in [5.74, 6) is 1.47. The Morgan fingerprint density at radius 2 is 2.31 bits per heavy atom. The molecule has 1 fully saturated rings. The van der Waals surface area contributed by atoms with Crippen molar-refractivity contribution in [2.24, 2.45) is 0 Å². The molecule has 1 aliphatic carbocycles. The fourth-order valence-electron chi connectivity index (χ4n) is 1.23. The lowest BCUT2D eigenvalue weighted by atomic mass is 10.2. The molecule has 3 nitrogen and oxygen atoms in total. The molecule has 1 aromatic heterocycles. The average molecular weight is 178 g/mol. The molecule has 0 saturated heterocycles. The Balaban J connectivity index is 2.21. The van der Waals surface area contributed by atoms with E-state index in [4.69, 9.17) is 10.5 Å². The summed E-state index contributed by atoms with van der Waals surface area (Å²) in [5.41, 5.74) is 6.55. The molecule has 2 N–H and O–H groups in total. The molecule has 0 spiro atoms. The van der Waals surface area contributed by atoms with Crippen LogP contribution in [-0.2, 0) is 6.42 Å². The number of ether oxygens (including phenoxy) is 1. The van der Waals surface area contributed by atoms with Crippen LogP contribution in [0, 0.1) is 0 Å². The molecule has 3 heteroatoms. The smallest absolute Gasteiger partial charge is 0.141 e. The number of pyridine rings is 1. The van der Waals surface area contributed by atoms with Crippen molar-refractivity contribution in [3.8, 4) is 5.75 Å². The third kappa shape index (κ3) is 1.91. The van der Waals surface area contributed by atoms with Crippen LogP contribution < -0.4 is 10.5 Å². The van der Waals surface area contributed by atoms with Crippen LogP contribution in [-0.4, -0.2) is 11.1 Å². The van der Waals surface area contributed by atoms with Crippen LogP contribution in [0.4, 0.5) is 5.82 Å². The maximum atomic E-state index is 5.68. The van der Waals surface area contributed by atoms with Gasteiger partial charge in [-0.05, 0) is 31.4 Å². The van der Waals surface area contributed by atoms with Gasteiger partial charge in [0, 0.05) is 0 Å². The lowest BCUT2D eigenvalue weighted by Crippen LogP contribution is -2.02. The number of anilines is 1. The third-order valence-corrected chi connectivity index (χ3v) is 2.11. The summed E-state index contributed by atoms with van der Waals surface area (Å²) in [7, 11) is 0. The molecule has 1 saturated carbocycles. The predicted octanol–water partition coefficient (Wildman–Crippen LogP) is 1.77. The van der Waals surface area contributed by atoms with Gasteiger partial charge in [0.15, 0.2) is 0 Å². The van der Waals surface area contributed by atoms with Gasteiger partial charge >= 0.3 is 0 Å². The minimum absolute atomic E-state index is 0.427. The third-order valence-electron chi connectivity index (χ3n) is 2.11. The van der Waals surface area contributed by atoms with Crippen molar-refractivity contribution in [3.05, 3.63) is 17.8 Å². The highest BCUT2D eigenvalue weighted by Crippen LogP contribution is 2.28. The molecule has 1 aliphatic rings. The van der Waals surface area contributed by atoms with Gasteiger partial charge in [0.25, 0.3) is 0 Å². The van der Waals surface area contributed by atoms with E-state index in [1.54, 1.807) is 6.07 Å².